The second-order valence-electron chi connectivity index (χ2n) is 2.93. The standard InChI is InChI=1S/C9H12N2O3/c1-6(5-12)11-7-3-2-4-10-8(7)9(13)14/h2-4,6,11-12H,5H2,1H3,(H,13,14). The number of nitrogens with zero attached hydrogens (tertiary/aromatic N) is 1. The third-order valence-electron chi connectivity index (χ3n) is 1.69. The Kier molecular flexibility index (Phi) is 3.41. The van der Waals surface area contributed by atoms with Gasteiger partial charge < -0.3 is 15.5 Å². The molecule has 3 N–H and O–H groups in total. The van der Waals surface area contributed by atoms with Gasteiger partial charge in [0.2, 0.25) is 0 Å². The molecule has 14 heavy (non-hydrogen) atoms. The molecule has 0 fully saturated rings. The zero-order valence-electron chi connectivity index (χ0n) is 7.77. The molecule has 0 aliphatic rings. The van der Waals surface area contributed by atoms with Crippen LogP contribution in [0.3, 0.4) is 0 Å². The minimum Gasteiger partial charge on any atom is -0.476 e. The van der Waals surface area contributed by atoms with Crippen molar-refractivity contribution in [3.8, 4) is 0 Å². The quantitative estimate of drug-likeness (QED) is 0.655. The first-order valence-electron chi connectivity index (χ1n) is 4.21. The van der Waals surface area contributed by atoms with Crippen molar-refractivity contribution in [3.05, 3.63) is 24.0 Å². The van der Waals surface area contributed by atoms with Crippen LogP contribution < -0.4 is 5.32 Å². The summed E-state index contributed by atoms with van der Waals surface area (Å²) in [5.74, 6) is -1.08. The Labute approximate surface area is 81.4 Å². The van der Waals surface area contributed by atoms with Gasteiger partial charge in [0, 0.05) is 12.2 Å². The Morgan fingerprint density at radius 1 is 1.71 bits per heavy atom. The van der Waals surface area contributed by atoms with Crippen LogP contribution in [0.4, 0.5) is 5.69 Å². The van der Waals surface area contributed by atoms with Gasteiger partial charge in [0.25, 0.3) is 0 Å². The second-order valence-corrected chi connectivity index (χ2v) is 2.93. The summed E-state index contributed by atoms with van der Waals surface area (Å²) in [6.07, 6.45) is 1.41. The van der Waals surface area contributed by atoms with Gasteiger partial charge in [-0.05, 0) is 19.1 Å². The van der Waals surface area contributed by atoms with Crippen LogP contribution in [0.15, 0.2) is 18.3 Å². The molecule has 1 heterocycles. The molecule has 0 aliphatic carbocycles. The predicted octanol–water partition coefficient (Wildman–Crippen LogP) is 0.573. The summed E-state index contributed by atoms with van der Waals surface area (Å²) in [7, 11) is 0. The first-order valence-corrected chi connectivity index (χ1v) is 4.21. The molecule has 0 aromatic carbocycles. The molecule has 1 atom stereocenters. The molecule has 0 spiro atoms. The molecule has 0 aliphatic heterocycles. The van der Waals surface area contributed by atoms with Crippen LogP contribution in [0.25, 0.3) is 0 Å². The van der Waals surface area contributed by atoms with Crippen LogP contribution in [0, 0.1) is 0 Å². The molecule has 0 saturated heterocycles. The van der Waals surface area contributed by atoms with E-state index in [2.05, 4.69) is 10.3 Å². The Morgan fingerprint density at radius 3 is 3.00 bits per heavy atom. The smallest absolute Gasteiger partial charge is 0.356 e. The van der Waals surface area contributed by atoms with Gasteiger partial charge >= 0.3 is 5.97 Å². The Morgan fingerprint density at radius 2 is 2.43 bits per heavy atom. The summed E-state index contributed by atoms with van der Waals surface area (Å²) in [6, 6.07) is 3.05. The van der Waals surface area contributed by atoms with Crippen molar-refractivity contribution in [2.24, 2.45) is 0 Å². The lowest BCUT2D eigenvalue weighted by molar-refractivity contribution is 0.0691. The number of aromatic carboxylic acids is 1. The van der Waals surface area contributed by atoms with Crippen LogP contribution in [0.2, 0.25) is 0 Å². The molecule has 5 heteroatoms. The van der Waals surface area contributed by atoms with Crippen molar-refractivity contribution < 1.29 is 15.0 Å². The van der Waals surface area contributed by atoms with Gasteiger partial charge in [0.05, 0.1) is 12.3 Å². The molecule has 76 valence electrons. The third-order valence-corrected chi connectivity index (χ3v) is 1.69. The van der Waals surface area contributed by atoms with Gasteiger partial charge in [-0.15, -0.1) is 0 Å². The van der Waals surface area contributed by atoms with Crippen LogP contribution in [-0.2, 0) is 0 Å². The van der Waals surface area contributed by atoms with Gasteiger partial charge in [0.15, 0.2) is 5.69 Å². The maximum atomic E-state index is 10.7. The SMILES string of the molecule is CC(CO)Nc1cccnc1C(=O)O. The number of aliphatic hydroxyl groups excluding tert-OH is 1. The fourth-order valence-corrected chi connectivity index (χ4v) is 1.00. The van der Waals surface area contributed by atoms with Crippen molar-refractivity contribution in [1.29, 1.82) is 0 Å². The van der Waals surface area contributed by atoms with E-state index in [1.165, 1.54) is 6.20 Å². The van der Waals surface area contributed by atoms with E-state index in [1.807, 2.05) is 0 Å². The second kappa shape index (κ2) is 4.57. The van der Waals surface area contributed by atoms with Crippen molar-refractivity contribution in [1.82, 2.24) is 4.98 Å². The van der Waals surface area contributed by atoms with E-state index < -0.39 is 5.97 Å². The van der Waals surface area contributed by atoms with Gasteiger partial charge in [-0.25, -0.2) is 9.78 Å². The minimum absolute atomic E-state index is 0.0344. The number of rotatable bonds is 4. The van der Waals surface area contributed by atoms with Crippen molar-refractivity contribution in [3.63, 3.8) is 0 Å². The summed E-state index contributed by atoms with van der Waals surface area (Å²) < 4.78 is 0. The average molecular weight is 196 g/mol. The lowest BCUT2D eigenvalue weighted by Crippen LogP contribution is -2.21. The Hall–Kier alpha value is -1.62. The lowest BCUT2D eigenvalue weighted by atomic mass is 10.2. The van der Waals surface area contributed by atoms with E-state index in [4.69, 9.17) is 10.2 Å². The predicted molar refractivity (Wildman–Crippen MR) is 51.4 cm³/mol. The van der Waals surface area contributed by atoms with Crippen LogP contribution in [0.5, 0.6) is 0 Å². The van der Waals surface area contributed by atoms with E-state index in [1.54, 1.807) is 19.1 Å². The average Bonchev–Trinajstić information content (AvgIpc) is 2.18. The summed E-state index contributed by atoms with van der Waals surface area (Å²) in [6.45, 7) is 1.69. The molecular weight excluding hydrogens is 184 g/mol. The highest BCUT2D eigenvalue weighted by molar-refractivity contribution is 5.91. The van der Waals surface area contributed by atoms with E-state index in [0.29, 0.717) is 5.69 Å². The molecule has 0 bridgehead atoms. The molecule has 0 radical (unpaired) electrons. The highest BCUT2D eigenvalue weighted by Crippen LogP contribution is 2.12. The number of hydrogen-bond acceptors (Lipinski definition) is 4. The number of carboxylic acids is 1. The highest BCUT2D eigenvalue weighted by Gasteiger charge is 2.11. The zero-order chi connectivity index (χ0) is 10.6. The number of anilines is 1. The van der Waals surface area contributed by atoms with Gasteiger partial charge in [-0.3, -0.25) is 0 Å². The molecule has 5 nitrogen and oxygen atoms in total. The maximum absolute atomic E-state index is 10.7. The van der Waals surface area contributed by atoms with E-state index >= 15 is 0 Å². The number of aliphatic hydroxyl groups is 1. The largest absolute Gasteiger partial charge is 0.476 e. The minimum atomic E-state index is -1.08. The summed E-state index contributed by atoms with van der Waals surface area (Å²) >= 11 is 0. The van der Waals surface area contributed by atoms with Crippen LogP contribution in [-0.4, -0.2) is 33.8 Å². The number of pyridine rings is 1. The van der Waals surface area contributed by atoms with E-state index in [9.17, 15) is 4.79 Å². The number of carboxylic acid groups (broad SMARTS) is 1. The number of hydrogen-bond donors (Lipinski definition) is 3. The maximum Gasteiger partial charge on any atom is 0.356 e. The summed E-state index contributed by atoms with van der Waals surface area (Å²) in [5.41, 5.74) is 0.384. The first-order chi connectivity index (χ1) is 6.65. The molecular formula is C9H12N2O3. The highest BCUT2D eigenvalue weighted by atomic mass is 16.4. The van der Waals surface area contributed by atoms with Crippen LogP contribution in [0.1, 0.15) is 17.4 Å². The topological polar surface area (TPSA) is 82.5 Å². The van der Waals surface area contributed by atoms with Gasteiger partial charge in [-0.2, -0.15) is 0 Å². The molecule has 1 unspecified atom stereocenters. The Balaban J connectivity index is 2.90. The fourth-order valence-electron chi connectivity index (χ4n) is 1.00. The molecule has 1 rings (SSSR count). The summed E-state index contributed by atoms with van der Waals surface area (Å²) in [4.78, 5) is 14.4. The summed E-state index contributed by atoms with van der Waals surface area (Å²) in [5, 5.41) is 20.4. The van der Waals surface area contributed by atoms with Gasteiger partial charge in [-0.1, -0.05) is 0 Å². The number of nitrogens with one attached hydrogen (secondary N) is 1. The molecule has 0 amide bonds. The van der Waals surface area contributed by atoms with Crippen molar-refractivity contribution in [2.45, 2.75) is 13.0 Å². The van der Waals surface area contributed by atoms with E-state index in [-0.39, 0.29) is 18.3 Å². The monoisotopic (exact) mass is 196 g/mol. The van der Waals surface area contributed by atoms with Gasteiger partial charge in [0.1, 0.15) is 0 Å². The molecule has 0 saturated carbocycles. The fraction of sp³-hybridized carbons (Fsp3) is 0.333. The lowest BCUT2D eigenvalue weighted by Gasteiger charge is -2.13. The van der Waals surface area contributed by atoms with E-state index in [0.717, 1.165) is 0 Å². The van der Waals surface area contributed by atoms with Crippen molar-refractivity contribution in [2.75, 3.05) is 11.9 Å². The third kappa shape index (κ3) is 2.43. The first kappa shape index (κ1) is 10.5. The van der Waals surface area contributed by atoms with Crippen LogP contribution >= 0.6 is 0 Å². The molecule has 1 aromatic heterocycles. The molecule has 1 aromatic rings. The zero-order valence-corrected chi connectivity index (χ0v) is 7.77. The Bertz CT molecular complexity index is 328. The normalized spacial score (nSPS) is 12.1. The van der Waals surface area contributed by atoms with Crippen molar-refractivity contribution >= 4 is 11.7 Å². The number of carbonyl (C=O) groups is 1. The number of aromatic nitrogens is 1.